The van der Waals surface area contributed by atoms with E-state index in [-0.39, 0.29) is 0 Å². The standard InChI is InChI=1S/C11H15BrClNS/c1-14(5-6-15-2)11-4-3-10(12)7-9(11)8-13/h3-4,7H,5-6,8H2,1-2H3. The highest BCUT2D eigenvalue weighted by Gasteiger charge is 2.06. The molecule has 0 saturated carbocycles. The van der Waals surface area contributed by atoms with E-state index in [1.165, 1.54) is 11.3 Å². The molecule has 0 bridgehead atoms. The Morgan fingerprint density at radius 3 is 2.80 bits per heavy atom. The van der Waals surface area contributed by atoms with Gasteiger partial charge in [-0.3, -0.25) is 0 Å². The van der Waals surface area contributed by atoms with E-state index >= 15 is 0 Å². The zero-order valence-corrected chi connectivity index (χ0v) is 12.1. The second kappa shape index (κ2) is 6.66. The molecule has 0 spiro atoms. The van der Waals surface area contributed by atoms with Crippen molar-refractivity contribution < 1.29 is 0 Å². The number of anilines is 1. The summed E-state index contributed by atoms with van der Waals surface area (Å²) in [5, 5.41) is 0. The second-order valence-corrected chi connectivity index (χ2v) is 5.49. The van der Waals surface area contributed by atoms with Crippen LogP contribution < -0.4 is 4.90 Å². The third-order valence-corrected chi connectivity index (χ3v) is 3.60. The van der Waals surface area contributed by atoms with E-state index in [0.717, 1.165) is 16.8 Å². The molecule has 0 unspecified atom stereocenters. The minimum Gasteiger partial charge on any atom is -0.374 e. The van der Waals surface area contributed by atoms with Gasteiger partial charge in [-0.15, -0.1) is 11.6 Å². The monoisotopic (exact) mass is 307 g/mol. The Hall–Kier alpha value is 0.140. The Labute approximate surface area is 109 Å². The van der Waals surface area contributed by atoms with E-state index in [9.17, 15) is 0 Å². The molecule has 0 amide bonds. The van der Waals surface area contributed by atoms with E-state index < -0.39 is 0 Å². The molecule has 0 fully saturated rings. The lowest BCUT2D eigenvalue weighted by Crippen LogP contribution is -2.21. The Kier molecular flexibility index (Phi) is 5.87. The third kappa shape index (κ3) is 3.89. The number of thioether (sulfide) groups is 1. The van der Waals surface area contributed by atoms with Gasteiger partial charge in [-0.1, -0.05) is 15.9 Å². The fourth-order valence-corrected chi connectivity index (χ4v) is 2.46. The maximum atomic E-state index is 5.93. The number of halogens is 2. The van der Waals surface area contributed by atoms with Gasteiger partial charge in [0.15, 0.2) is 0 Å². The normalized spacial score (nSPS) is 10.4. The van der Waals surface area contributed by atoms with Crippen molar-refractivity contribution in [2.75, 3.05) is 30.5 Å². The van der Waals surface area contributed by atoms with E-state index in [1.54, 1.807) is 0 Å². The summed E-state index contributed by atoms with van der Waals surface area (Å²) in [5.74, 6) is 1.69. The maximum absolute atomic E-state index is 5.93. The van der Waals surface area contributed by atoms with Crippen LogP contribution in [-0.4, -0.2) is 25.6 Å². The highest BCUT2D eigenvalue weighted by atomic mass is 79.9. The third-order valence-electron chi connectivity index (χ3n) is 2.23. The first kappa shape index (κ1) is 13.2. The molecule has 0 aliphatic carbocycles. The van der Waals surface area contributed by atoms with Crippen molar-refractivity contribution in [1.29, 1.82) is 0 Å². The van der Waals surface area contributed by atoms with Crippen molar-refractivity contribution in [3.63, 3.8) is 0 Å². The molecule has 0 aromatic heterocycles. The summed E-state index contributed by atoms with van der Waals surface area (Å²) in [7, 11) is 2.11. The summed E-state index contributed by atoms with van der Waals surface area (Å²) in [6.45, 7) is 1.05. The van der Waals surface area contributed by atoms with Gasteiger partial charge in [0.2, 0.25) is 0 Å². The lowest BCUT2D eigenvalue weighted by molar-refractivity contribution is 0.968. The van der Waals surface area contributed by atoms with Gasteiger partial charge in [-0.05, 0) is 30.0 Å². The summed E-state index contributed by atoms with van der Waals surface area (Å²) in [5.41, 5.74) is 2.40. The molecule has 84 valence electrons. The van der Waals surface area contributed by atoms with Gasteiger partial charge in [-0.2, -0.15) is 11.8 Å². The topological polar surface area (TPSA) is 3.24 Å². The molecule has 0 atom stereocenters. The molecule has 0 aliphatic heterocycles. The second-order valence-electron chi connectivity index (χ2n) is 3.32. The molecule has 0 aliphatic rings. The van der Waals surface area contributed by atoms with Crippen molar-refractivity contribution in [2.45, 2.75) is 5.88 Å². The average molecular weight is 309 g/mol. The molecular formula is C11H15BrClNS. The maximum Gasteiger partial charge on any atom is 0.0494 e. The van der Waals surface area contributed by atoms with E-state index in [1.807, 2.05) is 11.8 Å². The van der Waals surface area contributed by atoms with Crippen LogP contribution in [0.15, 0.2) is 22.7 Å². The molecule has 0 radical (unpaired) electrons. The fraction of sp³-hybridized carbons (Fsp3) is 0.455. The molecule has 4 heteroatoms. The number of hydrogen-bond acceptors (Lipinski definition) is 2. The molecule has 15 heavy (non-hydrogen) atoms. The summed E-state index contributed by atoms with van der Waals surface area (Å²) >= 11 is 11.2. The first-order valence-corrected chi connectivity index (χ1v) is 7.45. The van der Waals surface area contributed by atoms with Gasteiger partial charge in [-0.25, -0.2) is 0 Å². The molecule has 0 N–H and O–H groups in total. The molecule has 1 nitrogen and oxygen atoms in total. The van der Waals surface area contributed by atoms with Crippen molar-refractivity contribution in [2.24, 2.45) is 0 Å². The number of nitrogens with zero attached hydrogens (tertiary/aromatic N) is 1. The summed E-state index contributed by atoms with van der Waals surface area (Å²) in [6, 6.07) is 6.25. The summed E-state index contributed by atoms with van der Waals surface area (Å²) < 4.78 is 1.08. The van der Waals surface area contributed by atoms with E-state index in [0.29, 0.717) is 5.88 Å². The van der Waals surface area contributed by atoms with Gasteiger partial charge in [0, 0.05) is 35.4 Å². The van der Waals surface area contributed by atoms with E-state index in [2.05, 4.69) is 52.3 Å². The van der Waals surface area contributed by atoms with Crippen LogP contribution in [0.25, 0.3) is 0 Å². The van der Waals surface area contributed by atoms with Crippen LogP contribution in [-0.2, 0) is 5.88 Å². The Balaban J connectivity index is 2.82. The fourth-order valence-electron chi connectivity index (χ4n) is 1.38. The van der Waals surface area contributed by atoms with Crippen LogP contribution in [0.5, 0.6) is 0 Å². The van der Waals surface area contributed by atoms with Gasteiger partial charge in [0.1, 0.15) is 0 Å². The SMILES string of the molecule is CSCCN(C)c1ccc(Br)cc1CCl. The zero-order chi connectivity index (χ0) is 11.3. The van der Waals surface area contributed by atoms with Gasteiger partial charge < -0.3 is 4.90 Å². The number of benzene rings is 1. The van der Waals surface area contributed by atoms with Crippen molar-refractivity contribution in [3.8, 4) is 0 Å². The predicted octanol–water partition coefficient (Wildman–Crippen LogP) is 3.99. The number of hydrogen-bond donors (Lipinski definition) is 0. The van der Waals surface area contributed by atoms with Gasteiger partial charge >= 0.3 is 0 Å². The largest absolute Gasteiger partial charge is 0.374 e. The summed E-state index contributed by atoms with van der Waals surface area (Å²) in [6.07, 6.45) is 2.12. The van der Waals surface area contributed by atoms with Gasteiger partial charge in [0.25, 0.3) is 0 Å². The molecular weight excluding hydrogens is 294 g/mol. The first-order chi connectivity index (χ1) is 7.19. The van der Waals surface area contributed by atoms with Crippen molar-refractivity contribution in [1.82, 2.24) is 0 Å². The quantitative estimate of drug-likeness (QED) is 0.757. The van der Waals surface area contributed by atoms with Crippen molar-refractivity contribution in [3.05, 3.63) is 28.2 Å². The lowest BCUT2D eigenvalue weighted by Gasteiger charge is -2.21. The number of rotatable bonds is 5. The first-order valence-electron chi connectivity index (χ1n) is 4.73. The van der Waals surface area contributed by atoms with Crippen LogP contribution in [0.4, 0.5) is 5.69 Å². The van der Waals surface area contributed by atoms with Crippen LogP contribution in [0.2, 0.25) is 0 Å². The molecule has 1 aromatic carbocycles. The highest BCUT2D eigenvalue weighted by molar-refractivity contribution is 9.10. The average Bonchev–Trinajstić information content (AvgIpc) is 2.25. The van der Waals surface area contributed by atoms with Crippen molar-refractivity contribution >= 4 is 45.0 Å². The minimum atomic E-state index is 0.554. The van der Waals surface area contributed by atoms with Crippen LogP contribution in [0, 0.1) is 0 Å². The summed E-state index contributed by atoms with van der Waals surface area (Å²) in [4.78, 5) is 2.25. The Morgan fingerprint density at radius 2 is 2.20 bits per heavy atom. The van der Waals surface area contributed by atoms with Crippen LogP contribution >= 0.6 is 39.3 Å². The van der Waals surface area contributed by atoms with Gasteiger partial charge in [0.05, 0.1) is 0 Å². The van der Waals surface area contributed by atoms with Crippen LogP contribution in [0.1, 0.15) is 5.56 Å². The molecule has 0 saturated heterocycles. The molecule has 0 heterocycles. The molecule has 1 rings (SSSR count). The van der Waals surface area contributed by atoms with Crippen LogP contribution in [0.3, 0.4) is 0 Å². The Bertz CT molecular complexity index is 319. The predicted molar refractivity (Wildman–Crippen MR) is 75.4 cm³/mol. The molecule has 1 aromatic rings. The number of alkyl halides is 1. The zero-order valence-electron chi connectivity index (χ0n) is 8.96. The smallest absolute Gasteiger partial charge is 0.0494 e. The highest BCUT2D eigenvalue weighted by Crippen LogP contribution is 2.25. The minimum absolute atomic E-state index is 0.554. The Morgan fingerprint density at radius 1 is 1.47 bits per heavy atom. The van der Waals surface area contributed by atoms with E-state index in [4.69, 9.17) is 11.6 Å². The lowest BCUT2D eigenvalue weighted by atomic mass is 10.2.